The number of piperidine rings is 1. The lowest BCUT2D eigenvalue weighted by Crippen LogP contribution is -2.38. The molecular weight excluding hydrogens is 228 g/mol. The monoisotopic (exact) mass is 248 g/mol. The molecule has 0 spiro atoms. The molecule has 98 valence electrons. The van der Waals surface area contributed by atoms with Gasteiger partial charge in [-0.1, -0.05) is 19.0 Å². The van der Waals surface area contributed by atoms with Crippen molar-refractivity contribution in [3.8, 4) is 0 Å². The minimum Gasteiger partial charge on any atom is -0.409 e. The van der Waals surface area contributed by atoms with Crippen LogP contribution < -0.4 is 10.6 Å². The maximum atomic E-state index is 8.59. The van der Waals surface area contributed by atoms with E-state index in [2.05, 4.69) is 28.9 Å². The second kappa shape index (κ2) is 5.25. The van der Waals surface area contributed by atoms with Gasteiger partial charge in [-0.2, -0.15) is 0 Å². The summed E-state index contributed by atoms with van der Waals surface area (Å²) in [6, 6.07) is 3.76. The third kappa shape index (κ3) is 2.55. The summed E-state index contributed by atoms with van der Waals surface area (Å²) in [5.74, 6) is 2.51. The number of aromatic nitrogens is 1. The SMILES string of the molecule is CC1CCN(c2ccc(/C(N)=N/O)cn2)CC1C. The van der Waals surface area contributed by atoms with Crippen molar-refractivity contribution >= 4 is 11.7 Å². The van der Waals surface area contributed by atoms with Crippen molar-refractivity contribution in [1.82, 2.24) is 4.98 Å². The molecule has 0 bridgehead atoms. The summed E-state index contributed by atoms with van der Waals surface area (Å²) in [4.78, 5) is 6.68. The van der Waals surface area contributed by atoms with Gasteiger partial charge < -0.3 is 15.8 Å². The summed E-state index contributed by atoms with van der Waals surface area (Å²) in [7, 11) is 0. The fraction of sp³-hybridized carbons (Fsp3) is 0.538. The van der Waals surface area contributed by atoms with Gasteiger partial charge >= 0.3 is 0 Å². The highest BCUT2D eigenvalue weighted by atomic mass is 16.4. The van der Waals surface area contributed by atoms with E-state index in [0.29, 0.717) is 11.5 Å². The molecule has 1 aliphatic heterocycles. The second-order valence-electron chi connectivity index (χ2n) is 5.08. The molecule has 0 aromatic carbocycles. The number of rotatable bonds is 2. The van der Waals surface area contributed by atoms with Crippen LogP contribution in [-0.4, -0.2) is 29.1 Å². The molecule has 1 saturated heterocycles. The zero-order valence-electron chi connectivity index (χ0n) is 10.9. The van der Waals surface area contributed by atoms with Crippen molar-refractivity contribution in [2.75, 3.05) is 18.0 Å². The molecule has 2 rings (SSSR count). The standard InChI is InChI=1S/C13H20N4O/c1-9-5-6-17(8-10(9)2)12-4-3-11(7-15-12)13(14)16-18/h3-4,7,9-10,18H,5-6,8H2,1-2H3,(H2,14,16). The molecule has 2 unspecified atom stereocenters. The van der Waals surface area contributed by atoms with Crippen LogP contribution in [0.4, 0.5) is 5.82 Å². The summed E-state index contributed by atoms with van der Waals surface area (Å²) in [5, 5.41) is 11.6. The molecule has 3 N–H and O–H groups in total. The van der Waals surface area contributed by atoms with Crippen molar-refractivity contribution in [2.45, 2.75) is 20.3 Å². The minimum atomic E-state index is 0.0923. The number of nitrogens with zero attached hydrogens (tertiary/aromatic N) is 3. The fourth-order valence-electron chi connectivity index (χ4n) is 2.25. The molecule has 0 saturated carbocycles. The van der Waals surface area contributed by atoms with Gasteiger partial charge in [-0.25, -0.2) is 4.98 Å². The van der Waals surface area contributed by atoms with Gasteiger partial charge in [-0.05, 0) is 30.4 Å². The number of hydrogen-bond donors (Lipinski definition) is 2. The van der Waals surface area contributed by atoms with Gasteiger partial charge in [0.25, 0.3) is 0 Å². The summed E-state index contributed by atoms with van der Waals surface area (Å²) in [5.41, 5.74) is 6.15. The van der Waals surface area contributed by atoms with Crippen molar-refractivity contribution in [1.29, 1.82) is 0 Å². The van der Waals surface area contributed by atoms with Gasteiger partial charge in [0.2, 0.25) is 0 Å². The van der Waals surface area contributed by atoms with Gasteiger partial charge in [0.15, 0.2) is 5.84 Å². The third-order valence-corrected chi connectivity index (χ3v) is 3.81. The number of hydrogen-bond acceptors (Lipinski definition) is 4. The molecule has 1 aliphatic rings. The van der Waals surface area contributed by atoms with E-state index in [1.165, 1.54) is 6.42 Å². The van der Waals surface area contributed by atoms with Crippen LogP contribution in [0, 0.1) is 11.8 Å². The van der Waals surface area contributed by atoms with Crippen LogP contribution in [0.25, 0.3) is 0 Å². The smallest absolute Gasteiger partial charge is 0.171 e. The lowest BCUT2D eigenvalue weighted by molar-refractivity contribution is 0.318. The predicted molar refractivity (Wildman–Crippen MR) is 71.9 cm³/mol. The van der Waals surface area contributed by atoms with E-state index in [-0.39, 0.29) is 5.84 Å². The van der Waals surface area contributed by atoms with Crippen LogP contribution in [0.15, 0.2) is 23.5 Å². The Hall–Kier alpha value is -1.78. The Bertz CT molecular complexity index is 429. The van der Waals surface area contributed by atoms with Gasteiger partial charge in [0.05, 0.1) is 0 Å². The van der Waals surface area contributed by atoms with Gasteiger partial charge in [0.1, 0.15) is 5.82 Å². The quantitative estimate of drug-likeness (QED) is 0.361. The average Bonchev–Trinajstić information content (AvgIpc) is 2.41. The molecule has 5 nitrogen and oxygen atoms in total. The molecule has 2 atom stereocenters. The van der Waals surface area contributed by atoms with E-state index in [1.54, 1.807) is 6.20 Å². The molecule has 1 aromatic heterocycles. The number of nitrogens with two attached hydrogens (primary N) is 1. The van der Waals surface area contributed by atoms with Crippen molar-refractivity contribution in [3.63, 3.8) is 0 Å². The number of amidine groups is 1. The number of anilines is 1. The fourth-order valence-corrected chi connectivity index (χ4v) is 2.25. The third-order valence-electron chi connectivity index (χ3n) is 3.81. The molecular formula is C13H20N4O. The number of oxime groups is 1. The Balaban J connectivity index is 2.10. The highest BCUT2D eigenvalue weighted by molar-refractivity contribution is 5.96. The van der Waals surface area contributed by atoms with Crippen LogP contribution in [-0.2, 0) is 0 Å². The van der Waals surface area contributed by atoms with Crippen LogP contribution in [0.3, 0.4) is 0 Å². The van der Waals surface area contributed by atoms with Crippen molar-refractivity contribution in [2.24, 2.45) is 22.7 Å². The Morgan fingerprint density at radius 3 is 2.78 bits per heavy atom. The zero-order valence-corrected chi connectivity index (χ0v) is 10.9. The summed E-state index contributed by atoms with van der Waals surface area (Å²) in [6.45, 7) is 6.66. The zero-order chi connectivity index (χ0) is 13.1. The topological polar surface area (TPSA) is 74.7 Å². The van der Waals surface area contributed by atoms with Crippen LogP contribution >= 0.6 is 0 Å². The first-order valence-electron chi connectivity index (χ1n) is 6.30. The largest absolute Gasteiger partial charge is 0.409 e. The number of pyridine rings is 1. The van der Waals surface area contributed by atoms with E-state index in [1.807, 2.05) is 12.1 Å². The first-order valence-corrected chi connectivity index (χ1v) is 6.30. The Labute approximate surface area is 107 Å². The summed E-state index contributed by atoms with van der Waals surface area (Å²) < 4.78 is 0. The second-order valence-corrected chi connectivity index (χ2v) is 5.08. The maximum absolute atomic E-state index is 8.59. The Morgan fingerprint density at radius 1 is 1.44 bits per heavy atom. The van der Waals surface area contributed by atoms with Crippen LogP contribution in [0.1, 0.15) is 25.8 Å². The van der Waals surface area contributed by atoms with Crippen molar-refractivity contribution in [3.05, 3.63) is 23.9 Å². The summed E-state index contributed by atoms with van der Waals surface area (Å²) >= 11 is 0. The van der Waals surface area contributed by atoms with E-state index < -0.39 is 0 Å². The highest BCUT2D eigenvalue weighted by Crippen LogP contribution is 2.25. The average molecular weight is 248 g/mol. The molecule has 1 aromatic rings. The lowest BCUT2D eigenvalue weighted by atomic mass is 9.89. The first-order chi connectivity index (χ1) is 8.61. The normalized spacial score (nSPS) is 25.2. The Morgan fingerprint density at radius 2 is 2.22 bits per heavy atom. The van der Waals surface area contributed by atoms with E-state index in [4.69, 9.17) is 10.9 Å². The molecule has 18 heavy (non-hydrogen) atoms. The molecule has 0 aliphatic carbocycles. The highest BCUT2D eigenvalue weighted by Gasteiger charge is 2.23. The van der Waals surface area contributed by atoms with E-state index in [0.717, 1.165) is 24.8 Å². The van der Waals surface area contributed by atoms with Crippen LogP contribution in [0.5, 0.6) is 0 Å². The van der Waals surface area contributed by atoms with E-state index in [9.17, 15) is 0 Å². The first kappa shape index (κ1) is 12.7. The molecule has 0 radical (unpaired) electrons. The maximum Gasteiger partial charge on any atom is 0.171 e. The van der Waals surface area contributed by atoms with Gasteiger partial charge in [-0.15, -0.1) is 0 Å². The lowest BCUT2D eigenvalue weighted by Gasteiger charge is -2.36. The Kier molecular flexibility index (Phi) is 3.69. The minimum absolute atomic E-state index is 0.0923. The molecule has 0 amide bonds. The summed E-state index contributed by atoms with van der Waals surface area (Å²) in [6.07, 6.45) is 2.85. The van der Waals surface area contributed by atoms with Crippen LogP contribution in [0.2, 0.25) is 0 Å². The predicted octanol–water partition coefficient (Wildman–Crippen LogP) is 1.66. The van der Waals surface area contributed by atoms with Crippen molar-refractivity contribution < 1.29 is 5.21 Å². The molecule has 2 heterocycles. The molecule has 1 fully saturated rings. The van der Waals surface area contributed by atoms with Gasteiger partial charge in [-0.3, -0.25) is 0 Å². The van der Waals surface area contributed by atoms with Gasteiger partial charge in [0, 0.05) is 24.8 Å². The van der Waals surface area contributed by atoms with E-state index >= 15 is 0 Å². The molecule has 5 heteroatoms.